The number of hydrogen-bond acceptors (Lipinski definition) is 3. The lowest BCUT2D eigenvalue weighted by atomic mass is 9.65. The van der Waals surface area contributed by atoms with Crippen molar-refractivity contribution in [1.29, 1.82) is 0 Å². The fraction of sp³-hybridized carbons (Fsp3) is 0.438. The Morgan fingerprint density at radius 3 is 2.86 bits per heavy atom. The van der Waals surface area contributed by atoms with Gasteiger partial charge in [-0.3, -0.25) is 19.9 Å². The summed E-state index contributed by atoms with van der Waals surface area (Å²) in [7, 11) is 0. The van der Waals surface area contributed by atoms with E-state index in [4.69, 9.17) is 0 Å². The molecule has 2 atom stereocenters. The number of fused-ring (bicyclic) bond motifs is 1. The molecular weight excluding hydrogens is 271 g/mol. The number of nitrogens with zero attached hydrogens (tertiary/aromatic N) is 1. The smallest absolute Gasteiger partial charge is 0.230 e. The number of carbonyl (C=O) groups excluding carboxylic acids is 2. The molecule has 0 aliphatic carbocycles. The van der Waals surface area contributed by atoms with E-state index in [1.165, 1.54) is 6.07 Å². The highest BCUT2D eigenvalue weighted by Gasteiger charge is 2.46. The van der Waals surface area contributed by atoms with Crippen molar-refractivity contribution in [2.24, 2.45) is 16.3 Å². The summed E-state index contributed by atoms with van der Waals surface area (Å²) < 4.78 is 14.0. The Kier molecular flexibility index (Phi) is 3.15. The molecule has 0 aromatic heterocycles. The van der Waals surface area contributed by atoms with Crippen LogP contribution in [0.3, 0.4) is 0 Å². The van der Waals surface area contributed by atoms with E-state index in [9.17, 15) is 14.0 Å². The third-order valence-electron chi connectivity index (χ3n) is 4.76. The average Bonchev–Trinajstić information content (AvgIpc) is 2.41. The van der Waals surface area contributed by atoms with Crippen LogP contribution in [0.25, 0.3) is 0 Å². The standard InChI is InChI=1S/C16H17FN2O2/c1-9-16(2,11-6-7-14(20)19-15(11)21)8-10-12(17)4-3-5-13(10)18-9/h3-5,11H,6-8H2,1-2H3,(H,19,20,21). The highest BCUT2D eigenvalue weighted by molar-refractivity contribution is 6.03. The predicted molar refractivity (Wildman–Crippen MR) is 76.9 cm³/mol. The van der Waals surface area contributed by atoms with E-state index in [0.717, 1.165) is 5.71 Å². The second-order valence-electron chi connectivity index (χ2n) is 6.03. The number of hydrogen-bond donors (Lipinski definition) is 1. The lowest BCUT2D eigenvalue weighted by Crippen LogP contribution is -2.51. The molecule has 2 amide bonds. The Balaban J connectivity index is 2.01. The van der Waals surface area contributed by atoms with E-state index in [0.29, 0.717) is 30.5 Å². The minimum absolute atomic E-state index is 0.239. The molecule has 3 rings (SSSR count). The minimum Gasteiger partial charge on any atom is -0.296 e. The molecule has 1 fully saturated rings. The average molecular weight is 288 g/mol. The van der Waals surface area contributed by atoms with Crippen molar-refractivity contribution in [3.8, 4) is 0 Å². The Morgan fingerprint density at radius 2 is 2.14 bits per heavy atom. The number of imide groups is 1. The van der Waals surface area contributed by atoms with E-state index < -0.39 is 5.41 Å². The number of carbonyl (C=O) groups is 2. The quantitative estimate of drug-likeness (QED) is 0.807. The SMILES string of the molecule is CC1=Nc2cccc(F)c2CC1(C)C1CCC(=O)NC1=O. The Hall–Kier alpha value is -2.04. The van der Waals surface area contributed by atoms with Crippen LogP contribution in [0.5, 0.6) is 0 Å². The molecule has 1 saturated heterocycles. The Morgan fingerprint density at radius 1 is 1.38 bits per heavy atom. The number of nitrogens with one attached hydrogen (secondary N) is 1. The summed E-state index contributed by atoms with van der Waals surface area (Å²) in [4.78, 5) is 28.0. The van der Waals surface area contributed by atoms with Crippen molar-refractivity contribution in [3.05, 3.63) is 29.6 Å². The van der Waals surface area contributed by atoms with Crippen molar-refractivity contribution < 1.29 is 14.0 Å². The summed E-state index contributed by atoms with van der Waals surface area (Å²) in [5.74, 6) is -1.16. The van der Waals surface area contributed by atoms with Crippen LogP contribution in [0.4, 0.5) is 10.1 Å². The van der Waals surface area contributed by atoms with Gasteiger partial charge in [-0.05, 0) is 31.9 Å². The first kappa shape index (κ1) is 13.9. The molecule has 1 aromatic rings. The van der Waals surface area contributed by atoms with Crippen LogP contribution in [0.15, 0.2) is 23.2 Å². The van der Waals surface area contributed by atoms with Gasteiger partial charge in [0.2, 0.25) is 11.8 Å². The van der Waals surface area contributed by atoms with Crippen molar-refractivity contribution >= 4 is 23.2 Å². The highest BCUT2D eigenvalue weighted by Crippen LogP contribution is 2.44. The van der Waals surface area contributed by atoms with Gasteiger partial charge in [0.05, 0.1) is 5.69 Å². The van der Waals surface area contributed by atoms with E-state index in [1.807, 2.05) is 13.8 Å². The molecule has 2 heterocycles. The van der Waals surface area contributed by atoms with Gasteiger partial charge >= 0.3 is 0 Å². The lowest BCUT2D eigenvalue weighted by molar-refractivity contribution is -0.138. The molecule has 5 heteroatoms. The van der Waals surface area contributed by atoms with Crippen LogP contribution in [0.1, 0.15) is 32.3 Å². The van der Waals surface area contributed by atoms with Crippen LogP contribution >= 0.6 is 0 Å². The zero-order chi connectivity index (χ0) is 15.2. The second kappa shape index (κ2) is 4.76. The normalized spacial score (nSPS) is 28.7. The first-order valence-corrected chi connectivity index (χ1v) is 7.08. The molecule has 21 heavy (non-hydrogen) atoms. The fourth-order valence-electron chi connectivity index (χ4n) is 3.31. The van der Waals surface area contributed by atoms with Gasteiger partial charge < -0.3 is 0 Å². The topological polar surface area (TPSA) is 58.5 Å². The molecule has 1 aromatic carbocycles. The molecule has 0 spiro atoms. The van der Waals surface area contributed by atoms with E-state index in [1.54, 1.807) is 12.1 Å². The first-order valence-electron chi connectivity index (χ1n) is 7.08. The van der Waals surface area contributed by atoms with Gasteiger partial charge in [0, 0.05) is 29.0 Å². The van der Waals surface area contributed by atoms with Gasteiger partial charge in [0.15, 0.2) is 0 Å². The van der Waals surface area contributed by atoms with E-state index in [-0.39, 0.29) is 23.5 Å². The maximum Gasteiger partial charge on any atom is 0.230 e. The lowest BCUT2D eigenvalue weighted by Gasteiger charge is -2.41. The summed E-state index contributed by atoms with van der Waals surface area (Å²) in [6.45, 7) is 3.80. The number of aliphatic imine (C=N–C) groups is 1. The van der Waals surface area contributed by atoms with Gasteiger partial charge in [0.25, 0.3) is 0 Å². The molecule has 2 aliphatic heterocycles. The molecule has 0 saturated carbocycles. The Bertz CT molecular complexity index is 668. The summed E-state index contributed by atoms with van der Waals surface area (Å²) >= 11 is 0. The molecule has 2 unspecified atom stereocenters. The number of rotatable bonds is 1. The maximum atomic E-state index is 14.0. The van der Waals surface area contributed by atoms with Crippen molar-refractivity contribution in [2.75, 3.05) is 0 Å². The molecule has 0 bridgehead atoms. The second-order valence-corrected chi connectivity index (χ2v) is 6.03. The van der Waals surface area contributed by atoms with Crippen molar-refractivity contribution in [3.63, 3.8) is 0 Å². The highest BCUT2D eigenvalue weighted by atomic mass is 19.1. The number of halogens is 1. The van der Waals surface area contributed by atoms with Gasteiger partial charge in [-0.25, -0.2) is 4.39 Å². The van der Waals surface area contributed by atoms with Gasteiger partial charge in [0.1, 0.15) is 5.82 Å². The largest absolute Gasteiger partial charge is 0.296 e. The summed E-state index contributed by atoms with van der Waals surface area (Å²) in [6.07, 6.45) is 1.23. The monoisotopic (exact) mass is 288 g/mol. The van der Waals surface area contributed by atoms with Crippen LogP contribution in [0, 0.1) is 17.2 Å². The summed E-state index contributed by atoms with van der Waals surface area (Å²) in [6, 6.07) is 4.84. The molecule has 0 radical (unpaired) electrons. The predicted octanol–water partition coefficient (Wildman–Crippen LogP) is 2.53. The molecule has 1 N–H and O–H groups in total. The zero-order valence-electron chi connectivity index (χ0n) is 12.1. The number of amides is 2. The van der Waals surface area contributed by atoms with Crippen LogP contribution in [-0.4, -0.2) is 17.5 Å². The van der Waals surface area contributed by atoms with E-state index >= 15 is 0 Å². The van der Waals surface area contributed by atoms with Crippen LogP contribution in [0.2, 0.25) is 0 Å². The zero-order valence-corrected chi connectivity index (χ0v) is 12.1. The minimum atomic E-state index is -0.556. The molecular formula is C16H17FN2O2. The van der Waals surface area contributed by atoms with Gasteiger partial charge in [-0.1, -0.05) is 13.0 Å². The van der Waals surface area contributed by atoms with Crippen LogP contribution in [-0.2, 0) is 16.0 Å². The molecule has 4 nitrogen and oxygen atoms in total. The number of piperidine rings is 1. The summed E-state index contributed by atoms with van der Waals surface area (Å²) in [5, 5.41) is 2.38. The Labute approximate surface area is 122 Å². The van der Waals surface area contributed by atoms with E-state index in [2.05, 4.69) is 10.3 Å². The third-order valence-corrected chi connectivity index (χ3v) is 4.76. The maximum absolute atomic E-state index is 14.0. The van der Waals surface area contributed by atoms with Crippen molar-refractivity contribution in [2.45, 2.75) is 33.1 Å². The first-order chi connectivity index (χ1) is 9.91. The number of benzene rings is 1. The van der Waals surface area contributed by atoms with Crippen molar-refractivity contribution in [1.82, 2.24) is 5.32 Å². The summed E-state index contributed by atoms with van der Waals surface area (Å²) in [5.41, 5.74) is 1.45. The van der Waals surface area contributed by atoms with Gasteiger partial charge in [-0.15, -0.1) is 0 Å². The molecule has 110 valence electrons. The third kappa shape index (κ3) is 2.17. The molecule has 2 aliphatic rings. The van der Waals surface area contributed by atoms with Gasteiger partial charge in [-0.2, -0.15) is 0 Å². The van der Waals surface area contributed by atoms with Crippen LogP contribution < -0.4 is 5.32 Å². The fourth-order valence-corrected chi connectivity index (χ4v) is 3.31.